The molecule has 0 aliphatic rings. The molecule has 218 valence electrons. The van der Waals surface area contributed by atoms with Crippen molar-refractivity contribution in [2.75, 3.05) is 6.54 Å². The van der Waals surface area contributed by atoms with Crippen LogP contribution in [-0.4, -0.2) is 57.3 Å². The Morgan fingerprint density at radius 2 is 1.41 bits per heavy atom. The maximum absolute atomic E-state index is 12.9. The molecule has 3 rings (SSSR count). The number of rotatable bonds is 10. The number of amides is 1. The summed E-state index contributed by atoms with van der Waals surface area (Å²) in [6, 6.07) is 20.1. The quantitative estimate of drug-likeness (QED) is 0.138. The summed E-state index contributed by atoms with van der Waals surface area (Å²) in [7, 11) is 0. The van der Waals surface area contributed by atoms with Crippen molar-refractivity contribution in [2.45, 2.75) is 31.1 Å². The number of hydrogen-bond donors (Lipinski definition) is 5. The van der Waals surface area contributed by atoms with Crippen LogP contribution in [0.2, 0.25) is 0 Å². The first-order valence-corrected chi connectivity index (χ1v) is 12.0. The van der Waals surface area contributed by atoms with Crippen LogP contribution in [0.25, 0.3) is 0 Å². The van der Waals surface area contributed by atoms with E-state index in [0.717, 1.165) is 11.1 Å². The van der Waals surface area contributed by atoms with Crippen molar-refractivity contribution in [3.05, 3.63) is 106 Å². The molecule has 2 aromatic carbocycles. The lowest BCUT2D eigenvalue weighted by Crippen LogP contribution is -2.41. The molecule has 7 N–H and O–H groups in total. The summed E-state index contributed by atoms with van der Waals surface area (Å²) in [6.45, 7) is 0.253. The smallest absolute Gasteiger partial charge is 0.480 e. The summed E-state index contributed by atoms with van der Waals surface area (Å²) in [5.41, 5.74) is 12.2. The number of aliphatic imine (C=N–C) groups is 1. The molecule has 11 nitrogen and oxygen atoms in total. The number of carboxylic acid groups (broad SMARTS) is 2. The minimum absolute atomic E-state index is 0.0791. The van der Waals surface area contributed by atoms with Crippen LogP contribution in [0.5, 0.6) is 0 Å². The first-order valence-electron chi connectivity index (χ1n) is 12.0. The Hall–Kier alpha value is -5.14. The average molecular weight is 576 g/mol. The van der Waals surface area contributed by atoms with Crippen molar-refractivity contribution in [3.8, 4) is 0 Å². The summed E-state index contributed by atoms with van der Waals surface area (Å²) in [6.07, 6.45) is -3.10. The minimum atomic E-state index is -5.08. The number of pyridine rings is 1. The number of aromatic nitrogens is 1. The molecule has 1 aromatic heterocycles. The molecule has 0 aliphatic carbocycles. The summed E-state index contributed by atoms with van der Waals surface area (Å²) < 4.78 is 33.2. The van der Waals surface area contributed by atoms with Crippen LogP contribution in [-0.2, 0) is 9.59 Å². The van der Waals surface area contributed by atoms with E-state index in [-0.39, 0.29) is 30.0 Å². The molecule has 14 heteroatoms. The zero-order chi connectivity index (χ0) is 30.6. The number of aliphatic carboxylic acids is 2. The van der Waals surface area contributed by atoms with Crippen molar-refractivity contribution >= 4 is 23.8 Å². The van der Waals surface area contributed by atoms with Gasteiger partial charge in [-0.2, -0.15) is 13.2 Å². The van der Waals surface area contributed by atoms with Crippen molar-refractivity contribution in [1.82, 2.24) is 9.88 Å². The second-order valence-electron chi connectivity index (χ2n) is 8.50. The lowest BCUT2D eigenvalue weighted by molar-refractivity contribution is -0.192. The normalized spacial score (nSPS) is 11.5. The lowest BCUT2D eigenvalue weighted by Gasteiger charge is -2.22. The number of benzene rings is 2. The number of hydrogen-bond acceptors (Lipinski definition) is 5. The Balaban J connectivity index is 0.000000745. The summed E-state index contributed by atoms with van der Waals surface area (Å²) in [4.78, 5) is 50.1. The fourth-order valence-electron chi connectivity index (χ4n) is 3.63. The van der Waals surface area contributed by atoms with Crippen molar-refractivity contribution in [3.63, 3.8) is 0 Å². The van der Waals surface area contributed by atoms with Gasteiger partial charge in [-0.1, -0.05) is 60.7 Å². The molecular weight excluding hydrogens is 547 g/mol. The molecule has 1 atom stereocenters. The van der Waals surface area contributed by atoms with Crippen molar-refractivity contribution in [2.24, 2.45) is 16.5 Å². The van der Waals surface area contributed by atoms with Gasteiger partial charge in [0.1, 0.15) is 6.04 Å². The van der Waals surface area contributed by atoms with Gasteiger partial charge in [0.15, 0.2) is 5.96 Å². The highest BCUT2D eigenvalue weighted by molar-refractivity contribution is 5.96. The van der Waals surface area contributed by atoms with Gasteiger partial charge in [-0.3, -0.25) is 14.6 Å². The van der Waals surface area contributed by atoms with Crippen molar-refractivity contribution in [1.29, 1.82) is 0 Å². The Labute approximate surface area is 231 Å². The Bertz CT molecular complexity index is 1370. The van der Waals surface area contributed by atoms with E-state index in [4.69, 9.17) is 21.4 Å². The van der Waals surface area contributed by atoms with Gasteiger partial charge in [0.2, 0.25) is 0 Å². The van der Waals surface area contributed by atoms with Gasteiger partial charge in [-0.25, -0.2) is 9.59 Å². The van der Waals surface area contributed by atoms with Crippen LogP contribution in [0.3, 0.4) is 0 Å². The number of carbonyl (C=O) groups excluding carboxylic acids is 1. The summed E-state index contributed by atoms with van der Waals surface area (Å²) in [5.74, 6) is -4.60. The topological polar surface area (TPSA) is 190 Å². The van der Waals surface area contributed by atoms with Crippen LogP contribution < -0.4 is 22.3 Å². The van der Waals surface area contributed by atoms with Gasteiger partial charge in [0, 0.05) is 18.8 Å². The van der Waals surface area contributed by atoms with Gasteiger partial charge in [-0.05, 0) is 30.0 Å². The molecule has 0 radical (unpaired) electrons. The highest BCUT2D eigenvalue weighted by atomic mass is 19.4. The molecule has 0 fully saturated rings. The first-order chi connectivity index (χ1) is 19.3. The predicted molar refractivity (Wildman–Crippen MR) is 143 cm³/mol. The molecule has 1 amide bonds. The maximum Gasteiger partial charge on any atom is 0.490 e. The first kappa shape index (κ1) is 32.1. The molecule has 1 heterocycles. The predicted octanol–water partition coefficient (Wildman–Crippen LogP) is 2.36. The van der Waals surface area contributed by atoms with Gasteiger partial charge >= 0.3 is 18.1 Å². The minimum Gasteiger partial charge on any atom is -0.480 e. The molecule has 0 saturated heterocycles. The number of carboxylic acids is 2. The molecule has 3 aromatic rings. The van der Waals surface area contributed by atoms with E-state index in [0.29, 0.717) is 6.42 Å². The Kier molecular flexibility index (Phi) is 11.6. The Morgan fingerprint density at radius 1 is 0.902 bits per heavy atom. The third-order valence-corrected chi connectivity index (χ3v) is 5.50. The number of nitrogens with one attached hydrogen (secondary N) is 1. The second kappa shape index (κ2) is 14.9. The van der Waals surface area contributed by atoms with E-state index in [1.165, 1.54) is 22.9 Å². The van der Waals surface area contributed by atoms with E-state index in [9.17, 15) is 32.7 Å². The number of alkyl halides is 3. The van der Waals surface area contributed by atoms with Gasteiger partial charge in [-0.15, -0.1) is 0 Å². The van der Waals surface area contributed by atoms with Gasteiger partial charge in [0.05, 0.1) is 11.6 Å². The fourth-order valence-corrected chi connectivity index (χ4v) is 3.63. The molecule has 0 bridgehead atoms. The van der Waals surface area contributed by atoms with E-state index < -0.39 is 36.1 Å². The van der Waals surface area contributed by atoms with Crippen LogP contribution in [0.15, 0.2) is 88.8 Å². The van der Waals surface area contributed by atoms with Gasteiger partial charge in [0.25, 0.3) is 11.5 Å². The second-order valence-corrected chi connectivity index (χ2v) is 8.50. The number of halogens is 3. The molecule has 41 heavy (non-hydrogen) atoms. The zero-order valence-electron chi connectivity index (χ0n) is 21.5. The van der Waals surface area contributed by atoms with Gasteiger partial charge < -0.3 is 31.6 Å². The zero-order valence-corrected chi connectivity index (χ0v) is 21.5. The monoisotopic (exact) mass is 575 g/mol. The highest BCUT2D eigenvalue weighted by Crippen LogP contribution is 2.25. The van der Waals surface area contributed by atoms with E-state index in [2.05, 4.69) is 10.3 Å². The fraction of sp³-hybridized carbons (Fsp3) is 0.222. The van der Waals surface area contributed by atoms with E-state index >= 15 is 0 Å². The van der Waals surface area contributed by atoms with Crippen LogP contribution >= 0.6 is 0 Å². The summed E-state index contributed by atoms with van der Waals surface area (Å²) in [5, 5.41) is 19.2. The number of nitrogens with two attached hydrogens (primary N) is 2. The number of guanidine groups is 1. The largest absolute Gasteiger partial charge is 0.490 e. The molecular formula is C27H28F3N5O6. The average Bonchev–Trinajstić information content (AvgIpc) is 2.92. The van der Waals surface area contributed by atoms with E-state index in [1.807, 2.05) is 60.7 Å². The SMILES string of the molecule is NC(N)=NCCC[C@H](NC(=O)c1ccc(=O)n(C(c2ccccc2)c2ccccc2)c1)C(=O)O.O=C(O)C(F)(F)F. The number of carbonyl (C=O) groups is 3. The summed E-state index contributed by atoms with van der Waals surface area (Å²) >= 11 is 0. The van der Waals surface area contributed by atoms with Crippen LogP contribution in [0.4, 0.5) is 13.2 Å². The third kappa shape index (κ3) is 10.2. The Morgan fingerprint density at radius 3 is 1.85 bits per heavy atom. The molecule has 0 unspecified atom stereocenters. The third-order valence-electron chi connectivity index (χ3n) is 5.50. The lowest BCUT2D eigenvalue weighted by atomic mass is 9.98. The molecule has 0 aliphatic heterocycles. The van der Waals surface area contributed by atoms with Crippen LogP contribution in [0.1, 0.15) is 40.4 Å². The molecule has 0 spiro atoms. The molecule has 0 saturated carbocycles. The van der Waals surface area contributed by atoms with Crippen LogP contribution in [0, 0.1) is 0 Å². The van der Waals surface area contributed by atoms with Crippen molar-refractivity contribution < 1.29 is 37.8 Å². The standard InChI is InChI=1S/C25H27N5O4.C2HF3O2/c26-25(27)28-15-7-12-20(24(33)34)29-23(32)19-13-14-21(31)30(16-19)22(17-8-3-1-4-9-17)18-10-5-2-6-11-18;3-2(4,5)1(6)7/h1-6,8-11,13-14,16,20,22H,7,12,15H2,(H,29,32)(H,33,34)(H4,26,27,28);(H,6,7)/t20-;/m0./s1. The highest BCUT2D eigenvalue weighted by Gasteiger charge is 2.38. The van der Waals surface area contributed by atoms with E-state index in [1.54, 1.807) is 0 Å². The maximum atomic E-state index is 12.9. The number of nitrogens with zero attached hydrogens (tertiary/aromatic N) is 2.